The highest BCUT2D eigenvalue weighted by Gasteiger charge is 2.60. The first-order chi connectivity index (χ1) is 9.59. The van der Waals surface area contributed by atoms with Crippen molar-refractivity contribution in [3.05, 3.63) is 0 Å². The van der Waals surface area contributed by atoms with E-state index in [0.29, 0.717) is 0 Å². The predicted octanol–water partition coefficient (Wildman–Crippen LogP) is 1.11. The van der Waals surface area contributed by atoms with Crippen LogP contribution in [0.15, 0.2) is 0 Å². The molecule has 2 heterocycles. The van der Waals surface area contributed by atoms with Crippen LogP contribution in [0.1, 0.15) is 27.2 Å². The maximum atomic E-state index is 11.9. The van der Waals surface area contributed by atoms with Crippen molar-refractivity contribution in [2.45, 2.75) is 44.9 Å². The van der Waals surface area contributed by atoms with Crippen molar-refractivity contribution in [2.24, 2.45) is 0 Å². The van der Waals surface area contributed by atoms with Crippen molar-refractivity contribution in [1.29, 1.82) is 0 Å². The molecule has 0 bridgehead atoms. The molecule has 2 N–H and O–H groups in total. The second kappa shape index (κ2) is 5.26. The second-order valence-electron chi connectivity index (χ2n) is 6.61. The van der Waals surface area contributed by atoms with Gasteiger partial charge >= 0.3 is 6.09 Å². The van der Waals surface area contributed by atoms with Crippen LogP contribution in [0.25, 0.3) is 0 Å². The molecule has 0 aromatic carbocycles. The van der Waals surface area contributed by atoms with Crippen LogP contribution in [0.3, 0.4) is 0 Å². The molecule has 3 amide bonds. The minimum absolute atomic E-state index is 0.0469. The highest BCUT2D eigenvalue weighted by atomic mass is 32.2. The van der Waals surface area contributed by atoms with Gasteiger partial charge in [-0.1, -0.05) is 11.8 Å². The molecule has 2 aliphatic heterocycles. The minimum Gasteiger partial charge on any atom is -0.435 e. The number of amides is 3. The summed E-state index contributed by atoms with van der Waals surface area (Å²) in [5.41, 5.74) is -0.646. The quantitative estimate of drug-likeness (QED) is 0.741. The van der Waals surface area contributed by atoms with Crippen molar-refractivity contribution in [3.8, 4) is 0 Å². The summed E-state index contributed by atoms with van der Waals surface area (Å²) in [6, 6.07) is -0.496. The van der Waals surface area contributed by atoms with Gasteiger partial charge in [-0.15, -0.1) is 0 Å². The molecule has 0 spiro atoms. The Morgan fingerprint density at radius 2 is 2.05 bits per heavy atom. The molecule has 0 aromatic rings. The smallest absolute Gasteiger partial charge is 0.435 e. The van der Waals surface area contributed by atoms with Crippen molar-refractivity contribution in [2.75, 3.05) is 18.8 Å². The van der Waals surface area contributed by atoms with Crippen LogP contribution in [0.5, 0.6) is 0 Å². The van der Waals surface area contributed by atoms with E-state index in [1.807, 2.05) is 0 Å². The van der Waals surface area contributed by atoms with E-state index in [0.717, 1.165) is 16.7 Å². The van der Waals surface area contributed by atoms with Crippen LogP contribution in [0.4, 0.5) is 9.59 Å². The fourth-order valence-electron chi connectivity index (χ4n) is 3.37. The number of nitrogens with zero attached hydrogens (tertiary/aromatic N) is 2. The first kappa shape index (κ1) is 16.3. The number of hydrogen-bond donors (Lipinski definition) is 2. The van der Waals surface area contributed by atoms with Crippen LogP contribution in [0.2, 0.25) is 0 Å². The largest absolute Gasteiger partial charge is 0.514 e. The third-order valence-electron chi connectivity index (χ3n) is 4.44. The summed E-state index contributed by atoms with van der Waals surface area (Å²) in [5.74, 6) is -0.180. The zero-order chi connectivity index (χ0) is 16.0. The van der Waals surface area contributed by atoms with Gasteiger partial charge in [0.25, 0.3) is 5.24 Å². The van der Waals surface area contributed by atoms with Crippen LogP contribution in [-0.2, 0) is 4.79 Å². The summed E-state index contributed by atoms with van der Waals surface area (Å²) in [6.45, 7) is 5.54. The number of aliphatic hydroxyl groups excluding tert-OH is 1. The van der Waals surface area contributed by atoms with E-state index >= 15 is 0 Å². The zero-order valence-corrected chi connectivity index (χ0v) is 13.2. The molecule has 118 valence electrons. The Hall–Kier alpha value is -1.12. The van der Waals surface area contributed by atoms with E-state index in [-0.39, 0.29) is 40.9 Å². The maximum Gasteiger partial charge on any atom is 0.514 e. The van der Waals surface area contributed by atoms with E-state index in [4.69, 9.17) is 0 Å². The third-order valence-corrected chi connectivity index (χ3v) is 5.30. The lowest BCUT2D eigenvalue weighted by Gasteiger charge is -2.45. The van der Waals surface area contributed by atoms with E-state index in [9.17, 15) is 24.6 Å². The first-order valence-corrected chi connectivity index (χ1v) is 7.84. The molecule has 8 heteroatoms. The second-order valence-corrected chi connectivity index (χ2v) is 7.53. The van der Waals surface area contributed by atoms with Crippen LogP contribution in [0, 0.1) is 0 Å². The molecule has 0 radical (unpaired) electrons. The summed E-state index contributed by atoms with van der Waals surface area (Å²) < 4.78 is -0.337. The Labute approximate surface area is 127 Å². The number of aliphatic hydroxyl groups is 1. The number of rotatable bonds is 2. The standard InChI is InChI=1S/C13H20N2O5S/c1-13(2,3)15(12(19)20)6-9(16)4-8(15)5-14-10(17)7-21-11(14)18/h8-9,16H,4-7H2,1-3H3/p+1/t8-,9+,15?/m0/s1. The zero-order valence-electron chi connectivity index (χ0n) is 12.4. The molecule has 2 aliphatic rings. The molecule has 3 atom stereocenters. The van der Waals surface area contributed by atoms with Crippen molar-refractivity contribution < 1.29 is 29.1 Å². The van der Waals surface area contributed by atoms with Gasteiger partial charge in [0.1, 0.15) is 24.2 Å². The summed E-state index contributed by atoms with van der Waals surface area (Å²) in [7, 11) is 0. The molecule has 2 rings (SSSR count). The Balaban J connectivity index is 2.33. The number of imide groups is 1. The molecule has 0 saturated carbocycles. The van der Waals surface area contributed by atoms with Gasteiger partial charge in [-0.2, -0.15) is 4.79 Å². The fraction of sp³-hybridized carbons (Fsp3) is 0.769. The third kappa shape index (κ3) is 2.56. The topological polar surface area (TPSA) is 94.9 Å². The molecule has 21 heavy (non-hydrogen) atoms. The maximum absolute atomic E-state index is 11.9. The van der Waals surface area contributed by atoms with Gasteiger partial charge in [0.05, 0.1) is 12.3 Å². The molecule has 0 aromatic heterocycles. The Morgan fingerprint density at radius 1 is 1.43 bits per heavy atom. The number of carboxylic acid groups (broad SMARTS) is 1. The van der Waals surface area contributed by atoms with Gasteiger partial charge in [0.15, 0.2) is 0 Å². The number of carbonyl (C=O) groups excluding carboxylic acids is 2. The van der Waals surface area contributed by atoms with E-state index in [2.05, 4.69) is 0 Å². The number of hydrogen-bond acceptors (Lipinski definition) is 5. The molecule has 2 saturated heterocycles. The van der Waals surface area contributed by atoms with Crippen molar-refractivity contribution in [3.63, 3.8) is 0 Å². The van der Waals surface area contributed by atoms with E-state index in [1.54, 1.807) is 20.8 Å². The van der Waals surface area contributed by atoms with Crippen LogP contribution < -0.4 is 0 Å². The van der Waals surface area contributed by atoms with Gasteiger partial charge < -0.3 is 10.2 Å². The van der Waals surface area contributed by atoms with Gasteiger partial charge in [-0.3, -0.25) is 14.5 Å². The van der Waals surface area contributed by atoms with Crippen LogP contribution >= 0.6 is 11.8 Å². The Kier molecular flexibility index (Phi) is 4.07. The lowest BCUT2D eigenvalue weighted by molar-refractivity contribution is -0.914. The van der Waals surface area contributed by atoms with Crippen molar-refractivity contribution in [1.82, 2.24) is 4.90 Å². The fourth-order valence-corrected chi connectivity index (χ4v) is 4.11. The molecular formula is C13H21N2O5S+. The van der Waals surface area contributed by atoms with Crippen molar-refractivity contribution >= 4 is 29.0 Å². The summed E-state index contributed by atoms with van der Waals surface area (Å²) in [4.78, 5) is 36.5. The lowest BCUT2D eigenvalue weighted by Crippen LogP contribution is -2.68. The molecule has 1 unspecified atom stereocenters. The summed E-state index contributed by atoms with van der Waals surface area (Å²) >= 11 is 0.934. The van der Waals surface area contributed by atoms with Crippen LogP contribution in [-0.4, -0.2) is 73.4 Å². The molecule has 7 nitrogen and oxygen atoms in total. The highest BCUT2D eigenvalue weighted by Crippen LogP contribution is 2.38. The number of quaternary nitrogens is 1. The van der Waals surface area contributed by atoms with E-state index < -0.39 is 23.8 Å². The molecular weight excluding hydrogens is 296 g/mol. The number of carbonyl (C=O) groups is 3. The minimum atomic E-state index is -1.03. The summed E-state index contributed by atoms with van der Waals surface area (Å²) in [5, 5.41) is 19.4. The number of likely N-dealkylation sites (tertiary alicyclic amines) is 1. The predicted molar refractivity (Wildman–Crippen MR) is 76.9 cm³/mol. The van der Waals surface area contributed by atoms with Gasteiger partial charge in [-0.05, 0) is 20.8 Å². The van der Waals surface area contributed by atoms with Gasteiger partial charge in [0, 0.05) is 6.42 Å². The summed E-state index contributed by atoms with van der Waals surface area (Å²) in [6.07, 6.45) is -1.51. The first-order valence-electron chi connectivity index (χ1n) is 6.86. The lowest BCUT2D eigenvalue weighted by atomic mass is 9.99. The average Bonchev–Trinajstić information content (AvgIpc) is 2.84. The van der Waals surface area contributed by atoms with E-state index in [1.165, 1.54) is 0 Å². The monoisotopic (exact) mass is 317 g/mol. The molecule has 2 fully saturated rings. The highest BCUT2D eigenvalue weighted by molar-refractivity contribution is 8.14. The average molecular weight is 317 g/mol. The van der Waals surface area contributed by atoms with Gasteiger partial charge in [-0.25, -0.2) is 4.48 Å². The SMILES string of the molecule is CC(C)(C)[N+]1(C(=O)O)C[C@H](O)C[C@H]1CN1C(=O)CSC1=O. The Morgan fingerprint density at radius 3 is 2.48 bits per heavy atom. The normalized spacial score (nSPS) is 33.8. The molecule has 0 aliphatic carbocycles. The number of thioether (sulfide) groups is 1. The Bertz CT molecular complexity index is 473. The van der Waals surface area contributed by atoms with Gasteiger partial charge in [0.2, 0.25) is 5.91 Å².